The Morgan fingerprint density at radius 2 is 1.28 bits per heavy atom. The van der Waals surface area contributed by atoms with Crippen molar-refractivity contribution in [1.82, 2.24) is 25.1 Å². The van der Waals surface area contributed by atoms with Crippen molar-refractivity contribution >= 4 is 29.1 Å². The van der Waals surface area contributed by atoms with Crippen molar-refractivity contribution in [2.45, 2.75) is 51.1 Å². The van der Waals surface area contributed by atoms with Gasteiger partial charge in [0, 0.05) is 90.0 Å². The van der Waals surface area contributed by atoms with E-state index in [9.17, 15) is 4.79 Å². The molecule has 0 saturated carbocycles. The Hall–Kier alpha value is -3.69. The lowest BCUT2D eigenvalue weighted by atomic mass is 9.77. The highest BCUT2D eigenvalue weighted by Gasteiger charge is 2.51. The summed E-state index contributed by atoms with van der Waals surface area (Å²) in [4.78, 5) is 27.0. The predicted molar refractivity (Wildman–Crippen MR) is 196 cm³/mol. The van der Waals surface area contributed by atoms with Gasteiger partial charge < -0.3 is 14.8 Å². The van der Waals surface area contributed by atoms with E-state index >= 15 is 0 Å². The van der Waals surface area contributed by atoms with E-state index in [0.29, 0.717) is 34.3 Å². The van der Waals surface area contributed by atoms with Gasteiger partial charge in [-0.2, -0.15) is 0 Å². The van der Waals surface area contributed by atoms with Gasteiger partial charge in [-0.3, -0.25) is 14.6 Å². The third-order valence-electron chi connectivity index (χ3n) is 11.7. The Labute approximate surface area is 303 Å². The number of fused-ring (bicyclic) bond motifs is 2. The molecule has 1 N–H and O–H groups in total. The van der Waals surface area contributed by atoms with Crippen molar-refractivity contribution in [3.8, 4) is 45.4 Å². The average Bonchev–Trinajstić information content (AvgIpc) is 3.82. The molecule has 50 heavy (non-hydrogen) atoms. The molecule has 9 rings (SSSR count). The fourth-order valence-electron chi connectivity index (χ4n) is 9.37. The highest BCUT2D eigenvalue weighted by Crippen LogP contribution is 2.50. The summed E-state index contributed by atoms with van der Waals surface area (Å²) in [5, 5.41) is 4.20. The molecule has 4 aromatic rings. The first kappa shape index (κ1) is 32.2. The first-order valence-electron chi connectivity index (χ1n) is 17.7. The Bertz CT molecular complexity index is 2040. The Balaban J connectivity index is 1.03. The number of nitrogens with zero attached hydrogens (tertiary/aromatic N) is 4. The Morgan fingerprint density at radius 1 is 0.780 bits per heavy atom. The third-order valence-corrected chi connectivity index (χ3v) is 12.5. The van der Waals surface area contributed by atoms with E-state index in [2.05, 4.69) is 34.2 Å². The number of amides is 1. The molecule has 10 heteroatoms. The van der Waals surface area contributed by atoms with Crippen LogP contribution in [0.3, 0.4) is 0 Å². The predicted octanol–water partition coefficient (Wildman–Crippen LogP) is 7.55. The van der Waals surface area contributed by atoms with Crippen LogP contribution in [0.4, 0.5) is 0 Å². The van der Waals surface area contributed by atoms with Gasteiger partial charge in [-0.15, -0.1) is 0 Å². The molecule has 0 radical (unpaired) electrons. The van der Waals surface area contributed by atoms with E-state index in [4.69, 9.17) is 42.6 Å². The number of aryl methyl sites for hydroxylation is 2. The molecule has 0 unspecified atom stereocenters. The zero-order chi connectivity index (χ0) is 34.3. The zero-order valence-corrected chi connectivity index (χ0v) is 30.2. The van der Waals surface area contributed by atoms with Crippen LogP contribution in [0.1, 0.15) is 60.5 Å². The van der Waals surface area contributed by atoms with E-state index in [1.165, 1.54) is 16.7 Å². The van der Waals surface area contributed by atoms with Crippen LogP contribution in [-0.2, 0) is 17.6 Å². The van der Waals surface area contributed by atoms with Crippen LogP contribution < -0.4 is 14.8 Å². The molecular formula is C40H41Cl2N5O3. The van der Waals surface area contributed by atoms with Crippen molar-refractivity contribution in [2.75, 3.05) is 46.9 Å². The number of methoxy groups -OCH3 is 2. The fourth-order valence-corrected chi connectivity index (χ4v) is 10.0. The summed E-state index contributed by atoms with van der Waals surface area (Å²) in [5.74, 6) is 2.24. The first-order chi connectivity index (χ1) is 24.3. The molecule has 2 aliphatic carbocycles. The van der Waals surface area contributed by atoms with Crippen LogP contribution in [0.2, 0.25) is 10.0 Å². The topological polar surface area (TPSA) is 79.8 Å². The summed E-state index contributed by atoms with van der Waals surface area (Å²) in [6.07, 6.45) is 4.64. The number of carbonyl (C=O) groups excluding carboxylic acids is 1. The van der Waals surface area contributed by atoms with Crippen LogP contribution in [0.25, 0.3) is 33.6 Å². The normalized spacial score (nSPS) is 22.6. The van der Waals surface area contributed by atoms with E-state index in [1.807, 2.05) is 36.4 Å². The SMILES string of the molecule is COc1nc(-c2cccc(-c3cccc(-c4cc5c(c(OC)n4)[C@@H](N4CC(C)C4)CC5)c3Cl)c2Cl)cc2c1[C@H](N1CC3(CNC(=O)C3)C1)CC2. The summed E-state index contributed by atoms with van der Waals surface area (Å²) in [6, 6.07) is 17.0. The molecule has 258 valence electrons. The molecule has 5 aliphatic rings. The molecule has 3 saturated heterocycles. The van der Waals surface area contributed by atoms with Gasteiger partial charge >= 0.3 is 0 Å². The van der Waals surface area contributed by atoms with Gasteiger partial charge in [-0.25, -0.2) is 9.97 Å². The number of carbonyl (C=O) groups is 1. The van der Waals surface area contributed by atoms with E-state index in [-0.39, 0.29) is 17.4 Å². The number of ether oxygens (including phenoxy) is 2. The van der Waals surface area contributed by atoms with Gasteiger partial charge in [0.2, 0.25) is 17.7 Å². The molecule has 1 spiro atoms. The third kappa shape index (κ3) is 5.13. The van der Waals surface area contributed by atoms with Crippen molar-refractivity contribution in [3.63, 3.8) is 0 Å². The summed E-state index contributed by atoms with van der Waals surface area (Å²) in [7, 11) is 3.40. The van der Waals surface area contributed by atoms with E-state index in [1.54, 1.807) is 14.2 Å². The Kier molecular flexibility index (Phi) is 7.88. The number of halogens is 2. The van der Waals surface area contributed by atoms with Crippen LogP contribution in [0, 0.1) is 11.3 Å². The van der Waals surface area contributed by atoms with Crippen molar-refractivity contribution in [2.24, 2.45) is 11.3 Å². The van der Waals surface area contributed by atoms with Gasteiger partial charge in [0.15, 0.2) is 0 Å². The molecule has 5 heterocycles. The lowest BCUT2D eigenvalue weighted by molar-refractivity contribution is -0.121. The van der Waals surface area contributed by atoms with Crippen molar-refractivity contribution < 1.29 is 14.3 Å². The fraction of sp³-hybridized carbons (Fsp3) is 0.425. The molecule has 0 bridgehead atoms. The standard InChI is InChI=1S/C40H41Cl2N5O3/c1-22-17-46(18-22)31-12-10-23-14-29(44-38(49-2)34(23)31)27-8-4-6-25(36(27)41)26-7-5-9-28(37(26)42)30-15-24-11-13-32(35(24)39(45-30)50-3)47-20-40(21-47)16-33(48)43-19-40/h4-9,14-15,22,31-32H,10-13,16-21H2,1-3H3,(H,43,48)/t31-,32+/m0/s1. The highest BCUT2D eigenvalue weighted by molar-refractivity contribution is 6.39. The number of hydrogen-bond acceptors (Lipinski definition) is 7. The second-order valence-electron chi connectivity index (χ2n) is 15.0. The number of nitrogens with one attached hydrogen (secondary N) is 1. The summed E-state index contributed by atoms with van der Waals surface area (Å²) < 4.78 is 11.8. The molecule has 2 aromatic carbocycles. The van der Waals surface area contributed by atoms with Crippen molar-refractivity contribution in [1.29, 1.82) is 0 Å². The number of aromatic nitrogens is 2. The smallest absolute Gasteiger partial charge is 0.220 e. The lowest BCUT2D eigenvalue weighted by Crippen LogP contribution is -2.58. The van der Waals surface area contributed by atoms with Crippen LogP contribution in [-0.4, -0.2) is 72.6 Å². The van der Waals surface area contributed by atoms with Gasteiger partial charge in [0.25, 0.3) is 0 Å². The number of rotatable bonds is 7. The Morgan fingerprint density at radius 3 is 1.74 bits per heavy atom. The number of likely N-dealkylation sites (tertiary alicyclic amines) is 2. The maximum absolute atomic E-state index is 11.9. The van der Waals surface area contributed by atoms with Gasteiger partial charge in [-0.1, -0.05) is 66.5 Å². The number of hydrogen-bond donors (Lipinski definition) is 1. The number of pyridine rings is 2. The van der Waals surface area contributed by atoms with Crippen molar-refractivity contribution in [3.05, 3.63) is 80.8 Å². The van der Waals surface area contributed by atoms with Gasteiger partial charge in [0.1, 0.15) is 0 Å². The lowest BCUT2D eigenvalue weighted by Gasteiger charge is -2.50. The summed E-state index contributed by atoms with van der Waals surface area (Å²) in [5.41, 5.74) is 9.93. The highest BCUT2D eigenvalue weighted by atomic mass is 35.5. The van der Waals surface area contributed by atoms with Crippen LogP contribution >= 0.6 is 23.2 Å². The van der Waals surface area contributed by atoms with Crippen LogP contribution in [0.15, 0.2) is 48.5 Å². The first-order valence-corrected chi connectivity index (χ1v) is 18.5. The molecule has 3 fully saturated rings. The monoisotopic (exact) mass is 709 g/mol. The maximum atomic E-state index is 11.9. The molecule has 1 amide bonds. The minimum Gasteiger partial charge on any atom is -0.481 e. The molecule has 2 aromatic heterocycles. The van der Waals surface area contributed by atoms with E-state index < -0.39 is 0 Å². The largest absolute Gasteiger partial charge is 0.481 e. The quantitative estimate of drug-likeness (QED) is 0.212. The average molecular weight is 711 g/mol. The molecule has 8 nitrogen and oxygen atoms in total. The number of benzene rings is 2. The second kappa shape index (κ2) is 12.2. The minimum absolute atomic E-state index is 0.0749. The van der Waals surface area contributed by atoms with Crippen LogP contribution in [0.5, 0.6) is 11.8 Å². The van der Waals surface area contributed by atoms with Gasteiger partial charge in [-0.05, 0) is 54.9 Å². The summed E-state index contributed by atoms with van der Waals surface area (Å²) >= 11 is 14.5. The molecule has 2 atom stereocenters. The second-order valence-corrected chi connectivity index (χ2v) is 15.8. The van der Waals surface area contributed by atoms with Gasteiger partial charge in [0.05, 0.1) is 35.7 Å². The molecular weight excluding hydrogens is 669 g/mol. The zero-order valence-electron chi connectivity index (χ0n) is 28.7. The maximum Gasteiger partial charge on any atom is 0.220 e. The molecule has 3 aliphatic heterocycles. The minimum atomic E-state index is 0.0749. The van der Waals surface area contributed by atoms with E-state index in [0.717, 1.165) is 104 Å². The summed E-state index contributed by atoms with van der Waals surface area (Å²) in [6.45, 7) is 7.16.